The largest absolute Gasteiger partial charge is 0.354 e. The molecule has 0 bridgehead atoms. The predicted molar refractivity (Wildman–Crippen MR) is 56.9 cm³/mol. The van der Waals surface area contributed by atoms with Crippen molar-refractivity contribution in [2.75, 3.05) is 0 Å². The van der Waals surface area contributed by atoms with Crippen molar-refractivity contribution in [2.45, 2.75) is 0 Å². The minimum absolute atomic E-state index is 0.199. The van der Waals surface area contributed by atoms with E-state index in [1.807, 2.05) is 30.1 Å². The van der Waals surface area contributed by atoms with Crippen molar-refractivity contribution in [3.05, 3.63) is 42.5 Å². The lowest BCUT2D eigenvalue weighted by Gasteiger charge is -1.90. The number of aryl methyl sites for hydroxylation is 1. The third-order valence-electron chi connectivity index (χ3n) is 2.64. The molecule has 2 aromatic heterocycles. The third kappa shape index (κ3) is 1.20. The minimum atomic E-state index is -0.199. The van der Waals surface area contributed by atoms with Gasteiger partial charge in [0.05, 0.1) is 10.9 Å². The molecule has 0 aliphatic heterocycles. The summed E-state index contributed by atoms with van der Waals surface area (Å²) in [4.78, 5) is 3.25. The molecule has 2 nitrogen and oxygen atoms in total. The second kappa shape index (κ2) is 2.79. The highest BCUT2D eigenvalue weighted by Crippen LogP contribution is 2.24. The Morgan fingerprint density at radius 1 is 1.13 bits per heavy atom. The molecule has 0 spiro atoms. The number of hydrogen-bond donors (Lipinski definition) is 1. The number of benzene rings is 1. The molecule has 0 aliphatic carbocycles. The number of nitrogens with zero attached hydrogens (tertiary/aromatic N) is 1. The molecule has 0 amide bonds. The minimum Gasteiger partial charge on any atom is -0.354 e. The van der Waals surface area contributed by atoms with Crippen LogP contribution in [0.1, 0.15) is 0 Å². The van der Waals surface area contributed by atoms with Crippen LogP contribution in [0.15, 0.2) is 36.7 Å². The van der Waals surface area contributed by atoms with Crippen LogP contribution in [0.3, 0.4) is 0 Å². The van der Waals surface area contributed by atoms with Crippen molar-refractivity contribution in [1.82, 2.24) is 4.98 Å². The first-order chi connectivity index (χ1) is 7.24. The average Bonchev–Trinajstić information content (AvgIpc) is 2.56. The molecule has 0 radical (unpaired) electrons. The van der Waals surface area contributed by atoms with Gasteiger partial charge >= 0.3 is 0 Å². The van der Waals surface area contributed by atoms with E-state index in [0.717, 1.165) is 21.8 Å². The first-order valence-electron chi connectivity index (χ1n) is 4.80. The molecule has 1 aromatic carbocycles. The molecular weight excluding hydrogens is 191 g/mol. The van der Waals surface area contributed by atoms with E-state index in [1.165, 1.54) is 6.07 Å². The van der Waals surface area contributed by atoms with Crippen LogP contribution in [0, 0.1) is 5.82 Å². The van der Waals surface area contributed by atoms with Crippen molar-refractivity contribution in [3.63, 3.8) is 0 Å². The zero-order valence-corrected chi connectivity index (χ0v) is 8.29. The Labute approximate surface area is 86.0 Å². The fourth-order valence-electron chi connectivity index (χ4n) is 1.92. The van der Waals surface area contributed by atoms with Crippen LogP contribution in [-0.2, 0) is 7.05 Å². The Bertz CT molecular complexity index is 599. The number of aromatic amines is 1. The molecule has 15 heavy (non-hydrogen) atoms. The Hall–Kier alpha value is -1.90. The quantitative estimate of drug-likeness (QED) is 0.538. The highest BCUT2D eigenvalue weighted by Gasteiger charge is 2.07. The van der Waals surface area contributed by atoms with Gasteiger partial charge in [-0.05, 0) is 18.2 Å². The van der Waals surface area contributed by atoms with E-state index >= 15 is 0 Å². The molecule has 0 fully saturated rings. The summed E-state index contributed by atoms with van der Waals surface area (Å²) in [5, 5.41) is 1.98. The molecule has 0 saturated heterocycles. The number of pyridine rings is 1. The summed E-state index contributed by atoms with van der Waals surface area (Å²) >= 11 is 0. The lowest BCUT2D eigenvalue weighted by atomic mass is 10.2. The number of aromatic nitrogens is 2. The summed E-state index contributed by atoms with van der Waals surface area (Å²) in [7, 11) is 1.96. The first kappa shape index (κ1) is 8.41. The molecule has 2 heterocycles. The standard InChI is InChI=1S/C12H9FN2/c1-15-5-4-12-10(7-15)9-6-8(13)2-3-11(9)14-12/h2-7H,1H3/p+1. The lowest BCUT2D eigenvalue weighted by Crippen LogP contribution is -2.25. The molecule has 0 atom stereocenters. The van der Waals surface area contributed by atoms with Crippen LogP contribution in [0.4, 0.5) is 4.39 Å². The number of H-pyrrole nitrogens is 1. The SMILES string of the molecule is C[n+]1ccc2[nH]c3ccc(F)cc3c2c1. The van der Waals surface area contributed by atoms with Crippen LogP contribution in [0.5, 0.6) is 0 Å². The van der Waals surface area contributed by atoms with Gasteiger partial charge in [-0.2, -0.15) is 0 Å². The number of rotatable bonds is 0. The van der Waals surface area contributed by atoms with Crippen molar-refractivity contribution in [1.29, 1.82) is 0 Å². The number of hydrogen-bond acceptors (Lipinski definition) is 0. The fraction of sp³-hybridized carbons (Fsp3) is 0.0833. The maximum absolute atomic E-state index is 13.1. The zero-order valence-electron chi connectivity index (χ0n) is 8.29. The van der Waals surface area contributed by atoms with Crippen LogP contribution >= 0.6 is 0 Å². The van der Waals surface area contributed by atoms with Crippen LogP contribution in [0.2, 0.25) is 0 Å². The average molecular weight is 201 g/mol. The van der Waals surface area contributed by atoms with Crippen LogP contribution < -0.4 is 4.57 Å². The van der Waals surface area contributed by atoms with E-state index in [-0.39, 0.29) is 5.82 Å². The number of halogens is 1. The molecule has 1 N–H and O–H groups in total. The highest BCUT2D eigenvalue weighted by atomic mass is 19.1. The molecule has 0 aliphatic rings. The summed E-state index contributed by atoms with van der Waals surface area (Å²) in [6.45, 7) is 0. The van der Waals surface area contributed by atoms with Crippen molar-refractivity contribution >= 4 is 21.8 Å². The van der Waals surface area contributed by atoms with E-state index in [2.05, 4.69) is 4.98 Å². The lowest BCUT2D eigenvalue weighted by molar-refractivity contribution is -0.670. The predicted octanol–water partition coefficient (Wildman–Crippen LogP) is 2.28. The van der Waals surface area contributed by atoms with Crippen LogP contribution in [-0.4, -0.2) is 4.98 Å². The molecule has 3 heteroatoms. The Morgan fingerprint density at radius 3 is 2.80 bits per heavy atom. The summed E-state index contributed by atoms with van der Waals surface area (Å²) in [6, 6.07) is 6.80. The van der Waals surface area contributed by atoms with Crippen molar-refractivity contribution < 1.29 is 8.96 Å². The van der Waals surface area contributed by atoms with Crippen molar-refractivity contribution in [2.24, 2.45) is 7.05 Å². The van der Waals surface area contributed by atoms with Gasteiger partial charge in [-0.1, -0.05) is 0 Å². The van der Waals surface area contributed by atoms with Gasteiger partial charge in [0.1, 0.15) is 12.9 Å². The van der Waals surface area contributed by atoms with Gasteiger partial charge in [0.25, 0.3) is 0 Å². The number of fused-ring (bicyclic) bond motifs is 3. The molecule has 0 saturated carbocycles. The Morgan fingerprint density at radius 2 is 1.93 bits per heavy atom. The van der Waals surface area contributed by atoms with Gasteiger partial charge in [0.15, 0.2) is 12.4 Å². The summed E-state index contributed by atoms with van der Waals surface area (Å²) < 4.78 is 15.1. The van der Waals surface area contributed by atoms with Gasteiger partial charge in [-0.3, -0.25) is 0 Å². The van der Waals surface area contributed by atoms with Gasteiger partial charge in [-0.25, -0.2) is 8.96 Å². The number of nitrogens with one attached hydrogen (secondary N) is 1. The Kier molecular flexibility index (Phi) is 1.57. The second-order valence-corrected chi connectivity index (χ2v) is 3.75. The van der Waals surface area contributed by atoms with Gasteiger partial charge in [0.2, 0.25) is 0 Å². The fourth-order valence-corrected chi connectivity index (χ4v) is 1.92. The highest BCUT2D eigenvalue weighted by molar-refractivity contribution is 6.06. The maximum atomic E-state index is 13.1. The summed E-state index contributed by atoms with van der Waals surface area (Å²) in [6.07, 6.45) is 3.96. The van der Waals surface area contributed by atoms with E-state index in [4.69, 9.17) is 0 Å². The Balaban J connectivity index is 2.55. The topological polar surface area (TPSA) is 19.7 Å². The normalized spacial score (nSPS) is 11.3. The molecule has 3 aromatic rings. The van der Waals surface area contributed by atoms with Crippen LogP contribution in [0.25, 0.3) is 21.8 Å². The summed E-state index contributed by atoms with van der Waals surface area (Å²) in [5.41, 5.74) is 2.01. The second-order valence-electron chi connectivity index (χ2n) is 3.75. The smallest absolute Gasteiger partial charge is 0.178 e. The van der Waals surface area contributed by atoms with E-state index < -0.39 is 0 Å². The summed E-state index contributed by atoms with van der Waals surface area (Å²) in [5.74, 6) is -0.199. The molecule has 3 rings (SSSR count). The monoisotopic (exact) mass is 201 g/mol. The maximum Gasteiger partial charge on any atom is 0.178 e. The first-order valence-corrected chi connectivity index (χ1v) is 4.80. The van der Waals surface area contributed by atoms with E-state index in [0.29, 0.717) is 0 Å². The van der Waals surface area contributed by atoms with Gasteiger partial charge in [0, 0.05) is 17.0 Å². The van der Waals surface area contributed by atoms with Gasteiger partial charge in [-0.15, -0.1) is 0 Å². The van der Waals surface area contributed by atoms with E-state index in [1.54, 1.807) is 12.1 Å². The van der Waals surface area contributed by atoms with E-state index in [9.17, 15) is 4.39 Å². The third-order valence-corrected chi connectivity index (χ3v) is 2.64. The molecule has 0 unspecified atom stereocenters. The van der Waals surface area contributed by atoms with Gasteiger partial charge < -0.3 is 4.98 Å². The zero-order chi connectivity index (χ0) is 10.4. The van der Waals surface area contributed by atoms with Crippen molar-refractivity contribution in [3.8, 4) is 0 Å². The molecule has 74 valence electrons. The molecular formula is C12H10FN2+.